The average molecular weight is 240 g/mol. The van der Waals surface area contributed by atoms with E-state index in [1.807, 2.05) is 0 Å². The summed E-state index contributed by atoms with van der Waals surface area (Å²) in [5, 5.41) is 17.2. The van der Waals surface area contributed by atoms with Gasteiger partial charge in [0.1, 0.15) is 0 Å². The second-order valence-electron chi connectivity index (χ2n) is 2.10. The van der Waals surface area contributed by atoms with Crippen molar-refractivity contribution in [1.29, 1.82) is 0 Å². The molecule has 0 aliphatic heterocycles. The van der Waals surface area contributed by atoms with Crippen molar-refractivity contribution >= 4 is 34.1 Å². The molecule has 0 saturated carbocycles. The van der Waals surface area contributed by atoms with E-state index in [4.69, 9.17) is 10.2 Å². The summed E-state index contributed by atoms with van der Waals surface area (Å²) in [4.78, 5) is 21.1. The van der Waals surface area contributed by atoms with Crippen molar-refractivity contribution in [2.24, 2.45) is 0 Å². The molecule has 0 heterocycles. The van der Waals surface area contributed by atoms with Crippen LogP contribution >= 0.6 is 22.0 Å². The Kier molecular flexibility index (Phi) is 6.30. The molecule has 8 heteroatoms. The molecular formula is C6H12N2O4S2. The topological polar surface area (TPSA) is 81.1 Å². The molecule has 14 heavy (non-hydrogen) atoms. The molecule has 2 N–H and O–H groups in total. The normalized spacial score (nSPS) is 9.57. The van der Waals surface area contributed by atoms with Crippen molar-refractivity contribution in [1.82, 2.24) is 8.61 Å². The second-order valence-corrected chi connectivity index (χ2v) is 4.18. The van der Waals surface area contributed by atoms with Crippen LogP contribution in [0.25, 0.3) is 0 Å². The van der Waals surface area contributed by atoms with Gasteiger partial charge < -0.3 is 10.2 Å². The molecule has 0 fully saturated rings. The fraction of sp³-hybridized carbons (Fsp3) is 0.667. The summed E-state index contributed by atoms with van der Waals surface area (Å²) in [6, 6.07) is 0. The third-order valence-electron chi connectivity index (χ3n) is 1.21. The maximum absolute atomic E-state index is 10.5. The second kappa shape index (κ2) is 6.66. The van der Waals surface area contributed by atoms with E-state index in [9.17, 15) is 9.59 Å². The quantitative estimate of drug-likeness (QED) is 0.566. The third-order valence-corrected chi connectivity index (χ3v) is 3.75. The van der Waals surface area contributed by atoms with Crippen LogP contribution in [0.5, 0.6) is 0 Å². The van der Waals surface area contributed by atoms with Crippen LogP contribution in [0.4, 0.5) is 9.59 Å². The number of carbonyl (C=O) groups is 2. The average Bonchev–Trinajstić information content (AvgIpc) is 2.11. The molecular weight excluding hydrogens is 228 g/mol. The van der Waals surface area contributed by atoms with E-state index < -0.39 is 12.2 Å². The largest absolute Gasteiger partial charge is 0.464 e. The fourth-order valence-electron chi connectivity index (χ4n) is 0.520. The zero-order chi connectivity index (χ0) is 11.1. The molecule has 2 amide bonds. The molecule has 0 rings (SSSR count). The first-order valence-corrected chi connectivity index (χ1v) is 5.94. The number of amides is 2. The lowest BCUT2D eigenvalue weighted by atomic mass is 10.8. The zero-order valence-electron chi connectivity index (χ0n) is 7.84. The van der Waals surface area contributed by atoms with Crippen molar-refractivity contribution in [3.8, 4) is 0 Å². The van der Waals surface area contributed by atoms with Crippen molar-refractivity contribution in [3.05, 3.63) is 0 Å². The van der Waals surface area contributed by atoms with Gasteiger partial charge in [0.05, 0.1) is 0 Å². The highest BCUT2D eigenvalue weighted by Crippen LogP contribution is 2.29. The summed E-state index contributed by atoms with van der Waals surface area (Å²) in [5.74, 6) is 0. The molecule has 0 spiro atoms. The Labute approximate surface area is 89.9 Å². The number of rotatable bonds is 5. The first-order valence-electron chi connectivity index (χ1n) is 3.88. The van der Waals surface area contributed by atoms with Crippen LogP contribution in [0, 0.1) is 0 Å². The fourth-order valence-corrected chi connectivity index (χ4v) is 2.52. The zero-order valence-corrected chi connectivity index (χ0v) is 9.47. The van der Waals surface area contributed by atoms with Crippen molar-refractivity contribution in [2.75, 3.05) is 13.1 Å². The highest BCUT2D eigenvalue weighted by molar-refractivity contribution is 8.75. The van der Waals surface area contributed by atoms with Crippen molar-refractivity contribution in [2.45, 2.75) is 13.8 Å². The van der Waals surface area contributed by atoms with Crippen LogP contribution < -0.4 is 0 Å². The van der Waals surface area contributed by atoms with Crippen LogP contribution in [0.1, 0.15) is 13.8 Å². The van der Waals surface area contributed by atoms with Gasteiger partial charge in [-0.15, -0.1) is 0 Å². The molecule has 6 nitrogen and oxygen atoms in total. The Bertz CT molecular complexity index is 192. The summed E-state index contributed by atoms with van der Waals surface area (Å²) in [6.45, 7) is 3.98. The predicted octanol–water partition coefficient (Wildman–Crippen LogP) is 2.20. The molecule has 0 aromatic rings. The van der Waals surface area contributed by atoms with Crippen molar-refractivity contribution < 1.29 is 19.8 Å². The van der Waals surface area contributed by atoms with Gasteiger partial charge in [0.25, 0.3) is 0 Å². The molecule has 0 aromatic carbocycles. The summed E-state index contributed by atoms with van der Waals surface area (Å²) < 4.78 is 2.10. The van der Waals surface area contributed by atoms with Gasteiger partial charge in [0.2, 0.25) is 0 Å². The van der Waals surface area contributed by atoms with Crippen LogP contribution in [0.15, 0.2) is 0 Å². The minimum atomic E-state index is -1.08. The van der Waals surface area contributed by atoms with Gasteiger partial charge in [-0.1, -0.05) is 0 Å². The lowest BCUT2D eigenvalue weighted by Gasteiger charge is -2.18. The molecule has 0 unspecified atom stereocenters. The van der Waals surface area contributed by atoms with E-state index in [0.29, 0.717) is 13.1 Å². The van der Waals surface area contributed by atoms with E-state index in [2.05, 4.69) is 0 Å². The minimum absolute atomic E-state index is 0.310. The smallest absolute Gasteiger partial charge is 0.418 e. The Morgan fingerprint density at radius 3 is 1.43 bits per heavy atom. The first kappa shape index (κ1) is 13.2. The third kappa shape index (κ3) is 4.47. The highest BCUT2D eigenvalue weighted by atomic mass is 33.1. The summed E-state index contributed by atoms with van der Waals surface area (Å²) in [5.41, 5.74) is 0. The summed E-state index contributed by atoms with van der Waals surface area (Å²) in [6.07, 6.45) is -2.15. The molecule has 0 aliphatic carbocycles. The minimum Gasteiger partial charge on any atom is -0.464 e. The Morgan fingerprint density at radius 2 is 1.29 bits per heavy atom. The van der Waals surface area contributed by atoms with Gasteiger partial charge in [-0.3, -0.25) is 0 Å². The molecule has 0 aromatic heterocycles. The molecule has 0 bridgehead atoms. The monoisotopic (exact) mass is 240 g/mol. The Morgan fingerprint density at radius 1 is 1.00 bits per heavy atom. The van der Waals surface area contributed by atoms with Gasteiger partial charge in [-0.25, -0.2) is 18.2 Å². The van der Waals surface area contributed by atoms with Gasteiger partial charge in [-0.05, 0) is 13.8 Å². The standard InChI is InChI=1S/C6H12N2O4S2/c1-3-7(5(9)10)13-14-8(4-2)6(11)12/h3-4H2,1-2H3,(H,9,10)(H,11,12). The SMILES string of the molecule is CCN(SSN(CC)C(=O)O)C(=O)O. The number of carboxylic acid groups (broad SMARTS) is 2. The maximum Gasteiger partial charge on any atom is 0.418 e. The first-order chi connectivity index (χ1) is 6.52. The van der Waals surface area contributed by atoms with E-state index in [1.165, 1.54) is 0 Å². The number of hydrogen-bond donors (Lipinski definition) is 2. The predicted molar refractivity (Wildman–Crippen MR) is 56.0 cm³/mol. The molecule has 0 aliphatic rings. The van der Waals surface area contributed by atoms with E-state index >= 15 is 0 Å². The summed E-state index contributed by atoms with van der Waals surface area (Å²) in [7, 11) is 1.77. The van der Waals surface area contributed by atoms with Gasteiger partial charge in [0, 0.05) is 35.0 Å². The number of hydrogen-bond acceptors (Lipinski definition) is 4. The molecule has 0 atom stereocenters. The van der Waals surface area contributed by atoms with E-state index in [1.54, 1.807) is 13.8 Å². The van der Waals surface area contributed by atoms with Gasteiger partial charge >= 0.3 is 12.2 Å². The Balaban J connectivity index is 4.00. The van der Waals surface area contributed by atoms with Crippen molar-refractivity contribution in [3.63, 3.8) is 0 Å². The lowest BCUT2D eigenvalue weighted by Crippen LogP contribution is -2.25. The van der Waals surface area contributed by atoms with E-state index in [-0.39, 0.29) is 0 Å². The van der Waals surface area contributed by atoms with E-state index in [0.717, 1.165) is 30.6 Å². The van der Waals surface area contributed by atoms with Gasteiger partial charge in [0.15, 0.2) is 0 Å². The van der Waals surface area contributed by atoms with Crippen LogP contribution in [-0.4, -0.2) is 44.1 Å². The molecule has 0 radical (unpaired) electrons. The molecule has 0 saturated heterocycles. The van der Waals surface area contributed by atoms with Crippen LogP contribution in [0.3, 0.4) is 0 Å². The van der Waals surface area contributed by atoms with Crippen LogP contribution in [0.2, 0.25) is 0 Å². The Hall–Kier alpha value is -0.760. The lowest BCUT2D eigenvalue weighted by molar-refractivity contribution is 0.175. The van der Waals surface area contributed by atoms with Crippen LogP contribution in [-0.2, 0) is 0 Å². The summed E-state index contributed by atoms with van der Waals surface area (Å²) >= 11 is 0. The molecule has 82 valence electrons. The number of nitrogens with zero attached hydrogens (tertiary/aromatic N) is 2. The van der Waals surface area contributed by atoms with Gasteiger partial charge in [-0.2, -0.15) is 0 Å². The maximum atomic E-state index is 10.5. The highest BCUT2D eigenvalue weighted by Gasteiger charge is 2.16.